The molecule has 1 aliphatic rings. The van der Waals surface area contributed by atoms with Crippen molar-refractivity contribution in [1.29, 1.82) is 0 Å². The fraction of sp³-hybridized carbons (Fsp3) is 0.300. The fourth-order valence-electron chi connectivity index (χ4n) is 3.41. The minimum atomic E-state index is -1.05. The van der Waals surface area contributed by atoms with Gasteiger partial charge < -0.3 is 10.4 Å². The number of benzene rings is 2. The molecule has 0 unspecified atom stereocenters. The quantitative estimate of drug-likeness (QED) is 0.828. The first kappa shape index (κ1) is 17.5. The van der Waals surface area contributed by atoms with Gasteiger partial charge in [-0.2, -0.15) is 11.8 Å². The van der Waals surface area contributed by atoms with Crippen molar-refractivity contribution < 1.29 is 14.7 Å². The van der Waals surface area contributed by atoms with Crippen molar-refractivity contribution in [2.45, 2.75) is 25.0 Å². The summed E-state index contributed by atoms with van der Waals surface area (Å²) in [5, 5.41) is 12.6. The molecule has 3 rings (SSSR count). The monoisotopic (exact) mass is 355 g/mol. The van der Waals surface area contributed by atoms with Crippen LogP contribution in [0.25, 0.3) is 0 Å². The van der Waals surface area contributed by atoms with Crippen LogP contribution in [-0.4, -0.2) is 23.2 Å². The molecule has 0 radical (unpaired) electrons. The topological polar surface area (TPSA) is 66.4 Å². The van der Waals surface area contributed by atoms with Crippen LogP contribution in [0, 0.1) is 5.41 Å². The van der Waals surface area contributed by atoms with Gasteiger partial charge in [-0.15, -0.1) is 0 Å². The Bertz CT molecular complexity index is 761. The average Bonchev–Trinajstić information content (AvgIpc) is 2.96. The third-order valence-electron chi connectivity index (χ3n) is 4.68. The Kier molecular flexibility index (Phi) is 5.13. The number of rotatable bonds is 6. The molecule has 0 heterocycles. The Labute approximate surface area is 151 Å². The summed E-state index contributed by atoms with van der Waals surface area (Å²) in [6, 6.07) is 15.4. The third-order valence-corrected chi connectivity index (χ3v) is 5.30. The third kappa shape index (κ3) is 3.87. The molecule has 2 aromatic carbocycles. The van der Waals surface area contributed by atoms with E-state index in [4.69, 9.17) is 0 Å². The molecule has 0 aromatic heterocycles. The van der Waals surface area contributed by atoms with E-state index in [0.29, 0.717) is 18.5 Å². The smallest absolute Gasteiger partial charge is 0.310 e. The van der Waals surface area contributed by atoms with Gasteiger partial charge in [-0.05, 0) is 47.9 Å². The van der Waals surface area contributed by atoms with Gasteiger partial charge in [0.05, 0.1) is 5.41 Å². The number of nitrogens with one attached hydrogen (secondary N) is 1. The molecule has 5 heteroatoms. The summed E-state index contributed by atoms with van der Waals surface area (Å²) in [6.45, 7) is 0. The Hall–Kier alpha value is -2.27. The van der Waals surface area contributed by atoms with Crippen LogP contribution < -0.4 is 5.32 Å². The standard InChI is InChI=1S/C20H21NO3S/c1-25-13-14-6-8-17(9-7-14)21-18(22)12-20(19(23)24)10-15-4-2-3-5-16(15)11-20/h2-9H,10-13H2,1H3,(H,21,22)(H,23,24). The molecule has 0 atom stereocenters. The lowest BCUT2D eigenvalue weighted by Crippen LogP contribution is -2.36. The first-order valence-corrected chi connectivity index (χ1v) is 9.60. The highest BCUT2D eigenvalue weighted by Gasteiger charge is 2.45. The Morgan fingerprint density at radius 2 is 1.68 bits per heavy atom. The van der Waals surface area contributed by atoms with E-state index in [0.717, 1.165) is 16.9 Å². The highest BCUT2D eigenvalue weighted by atomic mass is 32.2. The zero-order chi connectivity index (χ0) is 17.9. The molecular weight excluding hydrogens is 334 g/mol. The molecule has 25 heavy (non-hydrogen) atoms. The van der Waals surface area contributed by atoms with E-state index in [1.165, 1.54) is 5.56 Å². The summed E-state index contributed by atoms with van der Waals surface area (Å²) in [4.78, 5) is 24.4. The molecule has 130 valence electrons. The summed E-state index contributed by atoms with van der Waals surface area (Å²) in [5.41, 5.74) is 2.90. The largest absolute Gasteiger partial charge is 0.481 e. The first-order valence-electron chi connectivity index (χ1n) is 8.20. The van der Waals surface area contributed by atoms with Gasteiger partial charge in [0.2, 0.25) is 5.91 Å². The second-order valence-corrected chi connectivity index (χ2v) is 7.43. The van der Waals surface area contributed by atoms with Crippen LogP contribution in [0.2, 0.25) is 0 Å². The molecular formula is C20H21NO3S. The number of carbonyl (C=O) groups is 2. The predicted octanol–water partition coefficient (Wildman–Crippen LogP) is 3.75. The van der Waals surface area contributed by atoms with E-state index in [1.807, 2.05) is 54.8 Å². The highest BCUT2D eigenvalue weighted by Crippen LogP contribution is 2.40. The Morgan fingerprint density at radius 3 is 2.20 bits per heavy atom. The maximum absolute atomic E-state index is 12.5. The average molecular weight is 355 g/mol. The minimum Gasteiger partial charge on any atom is -0.481 e. The lowest BCUT2D eigenvalue weighted by molar-refractivity contribution is -0.150. The number of carboxylic acids is 1. The van der Waals surface area contributed by atoms with Gasteiger partial charge in [0, 0.05) is 17.9 Å². The predicted molar refractivity (Wildman–Crippen MR) is 101 cm³/mol. The van der Waals surface area contributed by atoms with Crippen molar-refractivity contribution in [3.8, 4) is 0 Å². The van der Waals surface area contributed by atoms with Crippen LogP contribution >= 0.6 is 11.8 Å². The molecule has 0 spiro atoms. The van der Waals surface area contributed by atoms with E-state index in [2.05, 4.69) is 5.32 Å². The van der Waals surface area contributed by atoms with Crippen molar-refractivity contribution in [2.75, 3.05) is 11.6 Å². The summed E-state index contributed by atoms with van der Waals surface area (Å²) < 4.78 is 0. The van der Waals surface area contributed by atoms with Crippen LogP contribution in [0.4, 0.5) is 5.69 Å². The van der Waals surface area contributed by atoms with Gasteiger partial charge >= 0.3 is 5.97 Å². The van der Waals surface area contributed by atoms with Gasteiger partial charge in [0.25, 0.3) is 0 Å². The van der Waals surface area contributed by atoms with Gasteiger partial charge in [-0.3, -0.25) is 9.59 Å². The van der Waals surface area contributed by atoms with Crippen molar-refractivity contribution in [1.82, 2.24) is 0 Å². The van der Waals surface area contributed by atoms with Crippen LogP contribution in [0.3, 0.4) is 0 Å². The summed E-state index contributed by atoms with van der Waals surface area (Å²) in [7, 11) is 0. The van der Waals surface area contributed by atoms with Gasteiger partial charge in [0.15, 0.2) is 0 Å². The first-order chi connectivity index (χ1) is 12.0. The number of carbonyl (C=O) groups excluding carboxylic acids is 1. The number of amides is 1. The van der Waals surface area contributed by atoms with Crippen molar-refractivity contribution >= 4 is 29.3 Å². The second kappa shape index (κ2) is 7.31. The SMILES string of the molecule is CSCc1ccc(NC(=O)CC2(C(=O)O)Cc3ccccc3C2)cc1. The molecule has 2 N–H and O–H groups in total. The summed E-state index contributed by atoms with van der Waals surface area (Å²) >= 11 is 1.74. The van der Waals surface area contributed by atoms with Crippen LogP contribution in [0.15, 0.2) is 48.5 Å². The van der Waals surface area contributed by atoms with Crippen molar-refractivity contribution in [3.05, 3.63) is 65.2 Å². The van der Waals surface area contributed by atoms with E-state index < -0.39 is 11.4 Å². The highest BCUT2D eigenvalue weighted by molar-refractivity contribution is 7.97. The van der Waals surface area contributed by atoms with Crippen LogP contribution in [0.1, 0.15) is 23.1 Å². The van der Waals surface area contributed by atoms with Crippen molar-refractivity contribution in [2.24, 2.45) is 5.41 Å². The lowest BCUT2D eigenvalue weighted by Gasteiger charge is -2.23. The normalized spacial score (nSPS) is 14.8. The summed E-state index contributed by atoms with van der Waals surface area (Å²) in [6.07, 6.45) is 2.82. The summed E-state index contributed by atoms with van der Waals surface area (Å²) in [5.74, 6) is -0.240. The second-order valence-electron chi connectivity index (χ2n) is 6.56. The number of aliphatic carboxylic acids is 1. The minimum absolute atomic E-state index is 0.0242. The van der Waals surface area contributed by atoms with E-state index in [-0.39, 0.29) is 12.3 Å². The zero-order valence-corrected chi connectivity index (χ0v) is 14.9. The van der Waals surface area contributed by atoms with Crippen molar-refractivity contribution in [3.63, 3.8) is 0 Å². The number of anilines is 1. The van der Waals surface area contributed by atoms with Crippen LogP contribution in [0.5, 0.6) is 0 Å². The maximum atomic E-state index is 12.5. The number of fused-ring (bicyclic) bond motifs is 1. The van der Waals surface area contributed by atoms with E-state index >= 15 is 0 Å². The molecule has 2 aromatic rings. The Morgan fingerprint density at radius 1 is 1.08 bits per heavy atom. The number of hydrogen-bond donors (Lipinski definition) is 2. The Balaban J connectivity index is 1.69. The number of hydrogen-bond acceptors (Lipinski definition) is 3. The molecule has 1 aliphatic carbocycles. The van der Waals surface area contributed by atoms with Gasteiger partial charge in [-0.1, -0.05) is 36.4 Å². The van der Waals surface area contributed by atoms with E-state index in [9.17, 15) is 14.7 Å². The number of carboxylic acid groups (broad SMARTS) is 1. The maximum Gasteiger partial charge on any atom is 0.310 e. The molecule has 0 saturated carbocycles. The van der Waals surface area contributed by atoms with Gasteiger partial charge in [-0.25, -0.2) is 0 Å². The lowest BCUT2D eigenvalue weighted by atomic mass is 9.81. The number of thioether (sulfide) groups is 1. The molecule has 0 aliphatic heterocycles. The van der Waals surface area contributed by atoms with Gasteiger partial charge in [0.1, 0.15) is 0 Å². The molecule has 0 bridgehead atoms. The fourth-order valence-corrected chi connectivity index (χ4v) is 3.94. The molecule has 0 fully saturated rings. The van der Waals surface area contributed by atoms with E-state index in [1.54, 1.807) is 11.8 Å². The molecule has 1 amide bonds. The molecule has 0 saturated heterocycles. The van der Waals surface area contributed by atoms with Crippen LogP contribution in [-0.2, 0) is 28.2 Å². The zero-order valence-electron chi connectivity index (χ0n) is 14.1. The molecule has 4 nitrogen and oxygen atoms in total.